The maximum atomic E-state index is 12.6. The predicted molar refractivity (Wildman–Crippen MR) is 99.1 cm³/mol. The molecule has 0 aliphatic heterocycles. The first kappa shape index (κ1) is 20.4. The second kappa shape index (κ2) is 9.01. The molecule has 2 heterocycles. The van der Waals surface area contributed by atoms with Crippen LogP contribution in [0.3, 0.4) is 0 Å². The Labute approximate surface area is 154 Å². The van der Waals surface area contributed by atoms with E-state index < -0.39 is 0 Å². The van der Waals surface area contributed by atoms with Crippen LogP contribution < -0.4 is 11.1 Å². The van der Waals surface area contributed by atoms with Crippen LogP contribution >= 0.6 is 24.8 Å². The molecular formula is C16H23Cl2N5O. The molecule has 24 heavy (non-hydrogen) atoms. The molecular weight excluding hydrogens is 349 g/mol. The van der Waals surface area contributed by atoms with Crippen LogP contribution in [0.15, 0.2) is 30.7 Å². The van der Waals surface area contributed by atoms with E-state index in [4.69, 9.17) is 5.73 Å². The minimum Gasteiger partial charge on any atom is -0.330 e. The van der Waals surface area contributed by atoms with E-state index in [1.807, 2.05) is 29.8 Å². The van der Waals surface area contributed by atoms with Crippen LogP contribution in [-0.2, 0) is 4.79 Å². The first-order valence-electron chi connectivity index (χ1n) is 7.67. The van der Waals surface area contributed by atoms with Crippen molar-refractivity contribution in [1.82, 2.24) is 14.5 Å². The van der Waals surface area contributed by atoms with Crippen LogP contribution in [0.4, 0.5) is 5.69 Å². The summed E-state index contributed by atoms with van der Waals surface area (Å²) >= 11 is 0. The number of nitrogens with two attached hydrogens (primary N) is 1. The lowest BCUT2D eigenvalue weighted by molar-refractivity contribution is -0.120. The van der Waals surface area contributed by atoms with Gasteiger partial charge in [-0.25, -0.2) is 9.97 Å². The van der Waals surface area contributed by atoms with Crippen LogP contribution in [0.2, 0.25) is 0 Å². The number of aromatic nitrogens is 3. The minimum atomic E-state index is 0. The van der Waals surface area contributed by atoms with E-state index in [9.17, 15) is 4.79 Å². The summed E-state index contributed by atoms with van der Waals surface area (Å²) in [7, 11) is 0. The molecule has 1 amide bonds. The lowest BCUT2D eigenvalue weighted by atomic mass is 9.95. The second-order valence-corrected chi connectivity index (χ2v) is 5.74. The molecule has 6 nitrogen and oxygen atoms in total. The molecule has 1 aliphatic rings. The fraction of sp³-hybridized carbons (Fsp3) is 0.438. The number of carbonyl (C=O) groups is 1. The van der Waals surface area contributed by atoms with Gasteiger partial charge in [-0.1, -0.05) is 6.42 Å². The van der Waals surface area contributed by atoms with Gasteiger partial charge < -0.3 is 11.1 Å². The van der Waals surface area contributed by atoms with Gasteiger partial charge in [0.05, 0.1) is 5.69 Å². The van der Waals surface area contributed by atoms with Crippen LogP contribution in [-0.4, -0.2) is 27.0 Å². The molecule has 2 atom stereocenters. The van der Waals surface area contributed by atoms with Crippen molar-refractivity contribution in [1.29, 1.82) is 0 Å². The molecule has 0 radical (unpaired) electrons. The average molecular weight is 372 g/mol. The Morgan fingerprint density at radius 2 is 2.12 bits per heavy atom. The summed E-state index contributed by atoms with van der Waals surface area (Å²) in [5, 5.41) is 3.03. The Hall–Kier alpha value is -1.63. The predicted octanol–water partition coefficient (Wildman–Crippen LogP) is 2.73. The number of imidazole rings is 1. The van der Waals surface area contributed by atoms with Gasteiger partial charge in [0.2, 0.25) is 5.91 Å². The third kappa shape index (κ3) is 4.06. The monoisotopic (exact) mass is 371 g/mol. The third-order valence-corrected chi connectivity index (χ3v) is 4.40. The second-order valence-electron chi connectivity index (χ2n) is 5.74. The van der Waals surface area contributed by atoms with Gasteiger partial charge in [0.25, 0.3) is 0 Å². The molecule has 132 valence electrons. The van der Waals surface area contributed by atoms with Gasteiger partial charge in [-0.05, 0) is 44.4 Å². The Kier molecular flexibility index (Phi) is 7.66. The van der Waals surface area contributed by atoms with Crippen molar-refractivity contribution in [3.05, 3.63) is 36.5 Å². The normalized spacial score (nSPS) is 19.2. The topological polar surface area (TPSA) is 85.8 Å². The number of amides is 1. The Morgan fingerprint density at radius 1 is 1.33 bits per heavy atom. The van der Waals surface area contributed by atoms with E-state index in [1.54, 1.807) is 12.4 Å². The summed E-state index contributed by atoms with van der Waals surface area (Å²) in [6.07, 6.45) is 8.29. The van der Waals surface area contributed by atoms with Crippen LogP contribution in [0.1, 0.15) is 25.1 Å². The number of hydrogen-bond donors (Lipinski definition) is 2. The maximum Gasteiger partial charge on any atom is 0.227 e. The molecule has 2 aromatic heterocycles. The lowest BCUT2D eigenvalue weighted by Gasteiger charge is -2.18. The highest BCUT2D eigenvalue weighted by atomic mass is 35.5. The Bertz CT molecular complexity index is 676. The molecule has 8 heteroatoms. The number of hydrogen-bond acceptors (Lipinski definition) is 4. The molecule has 1 aliphatic carbocycles. The minimum absolute atomic E-state index is 0. The number of rotatable bonds is 4. The summed E-state index contributed by atoms with van der Waals surface area (Å²) < 4.78 is 1.87. The van der Waals surface area contributed by atoms with Crippen LogP contribution in [0.25, 0.3) is 5.82 Å². The van der Waals surface area contributed by atoms with Crippen molar-refractivity contribution in [3.8, 4) is 5.82 Å². The number of pyridine rings is 1. The lowest BCUT2D eigenvalue weighted by Crippen LogP contribution is -2.30. The highest BCUT2D eigenvalue weighted by molar-refractivity contribution is 5.94. The molecule has 0 saturated heterocycles. The molecule has 0 unspecified atom stereocenters. The Morgan fingerprint density at radius 3 is 2.79 bits per heavy atom. The number of nitrogens with one attached hydrogen (secondary N) is 1. The molecule has 1 fully saturated rings. The van der Waals surface area contributed by atoms with Gasteiger partial charge in [0.15, 0.2) is 5.82 Å². The van der Waals surface area contributed by atoms with Crippen molar-refractivity contribution >= 4 is 36.4 Å². The van der Waals surface area contributed by atoms with Crippen LogP contribution in [0, 0.1) is 18.8 Å². The van der Waals surface area contributed by atoms with Gasteiger partial charge in [0, 0.05) is 24.5 Å². The molecule has 0 aromatic carbocycles. The zero-order chi connectivity index (χ0) is 15.5. The van der Waals surface area contributed by atoms with Crippen molar-refractivity contribution < 1.29 is 4.79 Å². The summed E-state index contributed by atoms with van der Waals surface area (Å²) in [4.78, 5) is 21.2. The quantitative estimate of drug-likeness (QED) is 0.864. The SMILES string of the molecule is Cc1nccn1-c1ncccc1NC(=O)[C@@H]1CCC[C@@H]1CN.Cl.Cl. The summed E-state index contributed by atoms with van der Waals surface area (Å²) in [5.41, 5.74) is 6.48. The fourth-order valence-corrected chi connectivity index (χ4v) is 3.18. The van der Waals surface area contributed by atoms with Gasteiger partial charge in [0.1, 0.15) is 5.82 Å². The van der Waals surface area contributed by atoms with E-state index in [1.165, 1.54) is 0 Å². The van der Waals surface area contributed by atoms with Crippen molar-refractivity contribution in [2.75, 3.05) is 11.9 Å². The molecule has 3 N–H and O–H groups in total. The smallest absolute Gasteiger partial charge is 0.227 e. The first-order chi connectivity index (χ1) is 10.7. The Balaban J connectivity index is 0.00000144. The first-order valence-corrected chi connectivity index (χ1v) is 7.67. The molecule has 2 aromatic rings. The number of halogens is 2. The highest BCUT2D eigenvalue weighted by Gasteiger charge is 2.32. The highest BCUT2D eigenvalue weighted by Crippen LogP contribution is 2.32. The number of nitrogens with zero attached hydrogens (tertiary/aromatic N) is 3. The maximum absolute atomic E-state index is 12.6. The summed E-state index contributed by atoms with van der Waals surface area (Å²) in [5.74, 6) is 1.85. The molecule has 3 rings (SSSR count). The van der Waals surface area contributed by atoms with E-state index in [0.717, 1.165) is 25.1 Å². The third-order valence-electron chi connectivity index (χ3n) is 4.40. The molecule has 1 saturated carbocycles. The number of carbonyl (C=O) groups excluding carboxylic acids is 1. The molecule has 0 bridgehead atoms. The number of anilines is 1. The zero-order valence-electron chi connectivity index (χ0n) is 13.5. The zero-order valence-corrected chi connectivity index (χ0v) is 15.1. The van der Waals surface area contributed by atoms with Gasteiger partial charge in [-0.3, -0.25) is 9.36 Å². The van der Waals surface area contributed by atoms with E-state index in [2.05, 4.69) is 15.3 Å². The fourth-order valence-electron chi connectivity index (χ4n) is 3.18. The van der Waals surface area contributed by atoms with Crippen LogP contribution in [0.5, 0.6) is 0 Å². The standard InChI is InChI=1S/C16H21N5O.2ClH/c1-11-18-8-9-21(11)15-14(6-3-7-19-15)20-16(22)13-5-2-4-12(13)10-17;;/h3,6-9,12-13H,2,4-5,10,17H2,1H3,(H,20,22);2*1H/t12-,13-;;/m1../s1. The summed E-state index contributed by atoms with van der Waals surface area (Å²) in [6, 6.07) is 3.69. The van der Waals surface area contributed by atoms with Gasteiger partial charge in [-0.2, -0.15) is 0 Å². The van der Waals surface area contributed by atoms with Crippen molar-refractivity contribution in [3.63, 3.8) is 0 Å². The van der Waals surface area contributed by atoms with E-state index in [-0.39, 0.29) is 42.6 Å². The largest absolute Gasteiger partial charge is 0.330 e. The van der Waals surface area contributed by atoms with E-state index in [0.29, 0.717) is 18.1 Å². The van der Waals surface area contributed by atoms with Gasteiger partial charge in [-0.15, -0.1) is 24.8 Å². The average Bonchev–Trinajstić information content (AvgIpc) is 3.16. The number of aryl methyl sites for hydroxylation is 1. The van der Waals surface area contributed by atoms with Crippen molar-refractivity contribution in [2.45, 2.75) is 26.2 Å². The summed E-state index contributed by atoms with van der Waals surface area (Å²) in [6.45, 7) is 2.47. The van der Waals surface area contributed by atoms with Crippen molar-refractivity contribution in [2.24, 2.45) is 17.6 Å². The molecule has 0 spiro atoms. The van der Waals surface area contributed by atoms with E-state index >= 15 is 0 Å². The van der Waals surface area contributed by atoms with Gasteiger partial charge >= 0.3 is 0 Å².